The van der Waals surface area contributed by atoms with Gasteiger partial charge in [0, 0.05) is 12.2 Å². The van der Waals surface area contributed by atoms with Gasteiger partial charge in [0.15, 0.2) is 17.6 Å². The minimum atomic E-state index is -0.178. The second kappa shape index (κ2) is 7.25. The van der Waals surface area contributed by atoms with Crippen LogP contribution in [0.2, 0.25) is 0 Å². The van der Waals surface area contributed by atoms with Gasteiger partial charge in [-0.2, -0.15) is 0 Å². The molecule has 0 aromatic heterocycles. The van der Waals surface area contributed by atoms with E-state index in [9.17, 15) is 4.79 Å². The van der Waals surface area contributed by atoms with E-state index in [1.807, 2.05) is 62.4 Å². The van der Waals surface area contributed by atoms with Gasteiger partial charge in [0.1, 0.15) is 6.61 Å². The van der Waals surface area contributed by atoms with Crippen LogP contribution in [0.25, 0.3) is 0 Å². The van der Waals surface area contributed by atoms with Crippen molar-refractivity contribution in [3.8, 4) is 11.5 Å². The highest BCUT2D eigenvalue weighted by Crippen LogP contribution is 2.31. The van der Waals surface area contributed by atoms with Crippen molar-refractivity contribution in [2.75, 3.05) is 25.0 Å². The molecule has 126 valence electrons. The second-order valence-corrected chi connectivity index (χ2v) is 5.84. The topological polar surface area (TPSA) is 50.8 Å². The monoisotopic (exact) mass is 326 g/mol. The van der Waals surface area contributed by atoms with Crippen LogP contribution in [-0.2, 0) is 0 Å². The number of carbonyl (C=O) groups excluding carboxylic acids is 1. The Balaban J connectivity index is 1.61. The van der Waals surface area contributed by atoms with Gasteiger partial charge >= 0.3 is 6.03 Å². The largest absolute Gasteiger partial charge is 0.486 e. The predicted molar refractivity (Wildman–Crippen MR) is 93.8 cm³/mol. The Morgan fingerprint density at radius 2 is 2.00 bits per heavy atom. The molecule has 0 bridgehead atoms. The van der Waals surface area contributed by atoms with E-state index >= 15 is 0 Å². The normalized spacial score (nSPS) is 15.7. The third kappa shape index (κ3) is 3.79. The number of para-hydroxylation sites is 2. The molecule has 1 N–H and O–H groups in total. The smallest absolute Gasteiger partial charge is 0.321 e. The maximum atomic E-state index is 12.5. The van der Waals surface area contributed by atoms with E-state index in [0.29, 0.717) is 19.7 Å². The van der Waals surface area contributed by atoms with Gasteiger partial charge in [0.25, 0.3) is 0 Å². The number of fused-ring (bicyclic) bond motifs is 1. The lowest BCUT2D eigenvalue weighted by atomic mass is 10.2. The zero-order valence-corrected chi connectivity index (χ0v) is 14.0. The van der Waals surface area contributed by atoms with Crippen molar-refractivity contribution in [3.63, 3.8) is 0 Å². The van der Waals surface area contributed by atoms with Gasteiger partial charge in [-0.1, -0.05) is 24.3 Å². The lowest BCUT2D eigenvalue weighted by molar-refractivity contribution is 0.0693. The standard InChI is InChI=1S/C19H22N2O3/c1-3-21(19(22)20-15-8-6-7-14(2)11-15)12-16-13-23-17-9-4-5-10-18(17)24-16/h4-11,16H,3,12-13H2,1-2H3,(H,20,22). The van der Waals surface area contributed by atoms with Crippen molar-refractivity contribution < 1.29 is 14.3 Å². The number of carbonyl (C=O) groups is 1. The van der Waals surface area contributed by atoms with Crippen molar-refractivity contribution in [1.29, 1.82) is 0 Å². The average molecular weight is 326 g/mol. The maximum absolute atomic E-state index is 12.5. The summed E-state index contributed by atoms with van der Waals surface area (Å²) in [7, 11) is 0. The van der Waals surface area contributed by atoms with Crippen LogP contribution in [-0.4, -0.2) is 36.7 Å². The van der Waals surface area contributed by atoms with Crippen molar-refractivity contribution in [2.24, 2.45) is 0 Å². The predicted octanol–water partition coefficient (Wildman–Crippen LogP) is 3.69. The summed E-state index contributed by atoms with van der Waals surface area (Å²) in [6, 6.07) is 15.2. The van der Waals surface area contributed by atoms with Crippen LogP contribution in [0.3, 0.4) is 0 Å². The number of amides is 2. The molecule has 1 heterocycles. The Kier molecular flexibility index (Phi) is 4.89. The van der Waals surface area contributed by atoms with Crippen molar-refractivity contribution in [1.82, 2.24) is 4.90 Å². The summed E-state index contributed by atoms with van der Waals surface area (Å²) in [5.41, 5.74) is 1.90. The van der Waals surface area contributed by atoms with Crippen molar-refractivity contribution >= 4 is 11.7 Å². The number of hydrogen-bond donors (Lipinski definition) is 1. The highest BCUT2D eigenvalue weighted by Gasteiger charge is 2.24. The molecule has 1 aliphatic heterocycles. The molecule has 3 rings (SSSR count). The minimum absolute atomic E-state index is 0.134. The van der Waals surface area contributed by atoms with Crippen molar-refractivity contribution in [3.05, 3.63) is 54.1 Å². The number of urea groups is 1. The first kappa shape index (κ1) is 16.2. The molecule has 2 aromatic rings. The molecule has 0 spiro atoms. The number of anilines is 1. The van der Waals surface area contributed by atoms with Crippen LogP contribution in [0, 0.1) is 6.92 Å². The first-order valence-corrected chi connectivity index (χ1v) is 8.17. The molecular weight excluding hydrogens is 304 g/mol. The highest BCUT2D eigenvalue weighted by atomic mass is 16.6. The van der Waals surface area contributed by atoms with E-state index in [2.05, 4.69) is 5.32 Å². The van der Waals surface area contributed by atoms with Crippen LogP contribution < -0.4 is 14.8 Å². The lowest BCUT2D eigenvalue weighted by Crippen LogP contribution is -2.45. The lowest BCUT2D eigenvalue weighted by Gasteiger charge is -2.31. The van der Waals surface area contributed by atoms with Crippen LogP contribution >= 0.6 is 0 Å². The number of benzene rings is 2. The van der Waals surface area contributed by atoms with E-state index < -0.39 is 0 Å². The molecule has 24 heavy (non-hydrogen) atoms. The van der Waals surface area contributed by atoms with Gasteiger partial charge in [0.2, 0.25) is 0 Å². The zero-order valence-electron chi connectivity index (χ0n) is 14.0. The van der Waals surface area contributed by atoms with Gasteiger partial charge in [-0.3, -0.25) is 0 Å². The number of hydrogen-bond acceptors (Lipinski definition) is 3. The first-order valence-electron chi connectivity index (χ1n) is 8.17. The summed E-state index contributed by atoms with van der Waals surface area (Å²) >= 11 is 0. The van der Waals surface area contributed by atoms with Gasteiger partial charge in [0.05, 0.1) is 6.54 Å². The molecule has 0 radical (unpaired) electrons. The van der Waals surface area contributed by atoms with Gasteiger partial charge in [-0.25, -0.2) is 4.79 Å². The highest BCUT2D eigenvalue weighted by molar-refractivity contribution is 5.89. The SMILES string of the molecule is CCN(CC1COc2ccccc2O1)C(=O)Nc1cccc(C)c1. The summed E-state index contributed by atoms with van der Waals surface area (Å²) < 4.78 is 11.6. The first-order chi connectivity index (χ1) is 11.7. The Morgan fingerprint density at radius 3 is 2.75 bits per heavy atom. The number of nitrogens with zero attached hydrogens (tertiary/aromatic N) is 1. The van der Waals surface area contributed by atoms with Crippen LogP contribution in [0.1, 0.15) is 12.5 Å². The fraction of sp³-hybridized carbons (Fsp3) is 0.316. The molecular formula is C19H22N2O3. The van der Waals surface area contributed by atoms with Crippen molar-refractivity contribution in [2.45, 2.75) is 20.0 Å². The quantitative estimate of drug-likeness (QED) is 0.932. The van der Waals surface area contributed by atoms with Crippen LogP contribution in [0.15, 0.2) is 48.5 Å². The third-order valence-corrected chi connectivity index (χ3v) is 3.93. The summed E-state index contributed by atoms with van der Waals surface area (Å²) in [6.07, 6.45) is -0.178. The molecule has 1 unspecified atom stereocenters. The van der Waals surface area contributed by atoms with E-state index in [1.54, 1.807) is 4.90 Å². The molecule has 5 heteroatoms. The Bertz CT molecular complexity index is 717. The van der Waals surface area contributed by atoms with Gasteiger partial charge in [-0.15, -0.1) is 0 Å². The Labute approximate surface area is 142 Å². The van der Waals surface area contributed by atoms with Crippen LogP contribution in [0.4, 0.5) is 10.5 Å². The molecule has 0 saturated heterocycles. The summed E-state index contributed by atoms with van der Waals surface area (Å²) in [5, 5.41) is 2.93. The average Bonchev–Trinajstić information content (AvgIpc) is 2.59. The van der Waals surface area contributed by atoms with E-state index in [-0.39, 0.29) is 12.1 Å². The molecule has 5 nitrogen and oxygen atoms in total. The number of nitrogens with one attached hydrogen (secondary N) is 1. The van der Waals surface area contributed by atoms with Gasteiger partial charge < -0.3 is 19.7 Å². The minimum Gasteiger partial charge on any atom is -0.486 e. The summed E-state index contributed by atoms with van der Waals surface area (Å²) in [5.74, 6) is 1.48. The molecule has 0 fully saturated rings. The third-order valence-electron chi connectivity index (χ3n) is 3.93. The van der Waals surface area contributed by atoms with E-state index in [4.69, 9.17) is 9.47 Å². The van der Waals surface area contributed by atoms with Gasteiger partial charge in [-0.05, 0) is 43.7 Å². The Hall–Kier alpha value is -2.69. The molecule has 1 aliphatic rings. The maximum Gasteiger partial charge on any atom is 0.321 e. The molecule has 2 amide bonds. The molecule has 2 aromatic carbocycles. The number of likely N-dealkylation sites (N-methyl/N-ethyl adjacent to an activating group) is 1. The van der Waals surface area contributed by atoms with Crippen LogP contribution in [0.5, 0.6) is 11.5 Å². The fourth-order valence-corrected chi connectivity index (χ4v) is 2.68. The molecule has 0 saturated carbocycles. The van der Waals surface area contributed by atoms with E-state index in [0.717, 1.165) is 22.7 Å². The summed E-state index contributed by atoms with van der Waals surface area (Å²) in [4.78, 5) is 14.2. The zero-order chi connectivity index (χ0) is 16.9. The number of rotatable bonds is 4. The number of aryl methyl sites for hydroxylation is 1. The fourth-order valence-electron chi connectivity index (χ4n) is 2.68. The Morgan fingerprint density at radius 1 is 1.21 bits per heavy atom. The summed E-state index contributed by atoms with van der Waals surface area (Å²) in [6.45, 7) is 5.46. The molecule has 1 atom stereocenters. The number of ether oxygens (including phenoxy) is 2. The molecule has 0 aliphatic carbocycles. The van der Waals surface area contributed by atoms with E-state index in [1.165, 1.54) is 0 Å². The second-order valence-electron chi connectivity index (χ2n) is 5.84.